The molecule has 0 spiro atoms. The molecule has 19 heavy (non-hydrogen) atoms. The van der Waals surface area contributed by atoms with Gasteiger partial charge in [-0.05, 0) is 36.6 Å². The van der Waals surface area contributed by atoms with Crippen molar-refractivity contribution in [2.45, 2.75) is 31.7 Å². The fraction of sp³-hybridized carbons (Fsp3) is 0.538. The second-order valence-electron chi connectivity index (χ2n) is 4.77. The van der Waals surface area contributed by atoms with Gasteiger partial charge < -0.3 is 15.7 Å². The summed E-state index contributed by atoms with van der Waals surface area (Å²) in [5, 5.41) is 16.3. The second kappa shape index (κ2) is 6.56. The van der Waals surface area contributed by atoms with Crippen LogP contribution in [0, 0.1) is 5.92 Å². The summed E-state index contributed by atoms with van der Waals surface area (Å²) in [4.78, 5) is 23.6. The molecular weight excluding hydrogens is 264 g/mol. The number of carboxylic acid groups (broad SMARTS) is 1. The number of carbonyl (C=O) groups excluding carboxylic acids is 1. The molecule has 0 radical (unpaired) electrons. The van der Waals surface area contributed by atoms with Crippen LogP contribution in [0.15, 0.2) is 17.5 Å². The van der Waals surface area contributed by atoms with Gasteiger partial charge in [-0.2, -0.15) is 0 Å². The molecule has 0 saturated heterocycles. The van der Waals surface area contributed by atoms with E-state index in [2.05, 4.69) is 10.6 Å². The highest BCUT2D eigenvalue weighted by Crippen LogP contribution is 2.33. The Kier molecular flexibility index (Phi) is 4.79. The van der Waals surface area contributed by atoms with Gasteiger partial charge in [-0.3, -0.25) is 4.79 Å². The summed E-state index contributed by atoms with van der Waals surface area (Å²) in [6.45, 7) is 0.566. The van der Waals surface area contributed by atoms with Gasteiger partial charge in [0.1, 0.15) is 0 Å². The maximum atomic E-state index is 11.7. The number of hydrogen-bond acceptors (Lipinski definition) is 3. The molecule has 1 aromatic heterocycles. The van der Waals surface area contributed by atoms with Crippen LogP contribution in [0.5, 0.6) is 0 Å². The molecule has 0 aromatic carbocycles. The second-order valence-corrected chi connectivity index (χ2v) is 5.80. The molecule has 104 valence electrons. The third-order valence-corrected chi connectivity index (χ3v) is 4.08. The molecule has 1 unspecified atom stereocenters. The molecule has 1 saturated carbocycles. The van der Waals surface area contributed by atoms with Crippen molar-refractivity contribution in [2.75, 3.05) is 6.54 Å². The number of urea groups is 1. The van der Waals surface area contributed by atoms with E-state index in [1.807, 2.05) is 17.5 Å². The van der Waals surface area contributed by atoms with E-state index in [-0.39, 0.29) is 18.5 Å². The predicted molar refractivity (Wildman–Crippen MR) is 73.3 cm³/mol. The van der Waals surface area contributed by atoms with Crippen molar-refractivity contribution in [2.24, 2.45) is 5.92 Å². The molecule has 0 aliphatic heterocycles. The van der Waals surface area contributed by atoms with E-state index in [0.717, 1.165) is 19.3 Å². The van der Waals surface area contributed by atoms with Gasteiger partial charge >= 0.3 is 12.0 Å². The van der Waals surface area contributed by atoms with E-state index < -0.39 is 5.97 Å². The Morgan fingerprint density at radius 1 is 1.47 bits per heavy atom. The molecule has 1 aliphatic carbocycles. The van der Waals surface area contributed by atoms with Gasteiger partial charge in [0.25, 0.3) is 0 Å². The Morgan fingerprint density at radius 3 is 2.84 bits per heavy atom. The van der Waals surface area contributed by atoms with Crippen LogP contribution in [0.3, 0.4) is 0 Å². The van der Waals surface area contributed by atoms with Crippen LogP contribution in [0.2, 0.25) is 0 Å². The molecule has 6 heteroatoms. The first-order chi connectivity index (χ1) is 9.15. The molecule has 2 amide bonds. The van der Waals surface area contributed by atoms with Gasteiger partial charge in [0.05, 0.1) is 6.42 Å². The summed E-state index contributed by atoms with van der Waals surface area (Å²) in [6.07, 6.45) is 2.82. The Bertz CT molecular complexity index is 429. The number of carbonyl (C=O) groups is 2. The first kappa shape index (κ1) is 13.9. The van der Waals surface area contributed by atoms with Crippen molar-refractivity contribution in [1.29, 1.82) is 0 Å². The van der Waals surface area contributed by atoms with Gasteiger partial charge in [-0.15, -0.1) is 11.3 Å². The van der Waals surface area contributed by atoms with E-state index >= 15 is 0 Å². The number of aliphatic carboxylic acids is 1. The third kappa shape index (κ3) is 4.90. The van der Waals surface area contributed by atoms with E-state index in [1.54, 1.807) is 11.3 Å². The van der Waals surface area contributed by atoms with Gasteiger partial charge in [0, 0.05) is 17.5 Å². The summed E-state index contributed by atoms with van der Waals surface area (Å²) in [5.74, 6) is -0.532. The van der Waals surface area contributed by atoms with E-state index in [9.17, 15) is 9.59 Å². The number of nitrogens with one attached hydrogen (secondary N) is 2. The zero-order chi connectivity index (χ0) is 13.7. The van der Waals surface area contributed by atoms with Gasteiger partial charge in [0.2, 0.25) is 0 Å². The molecule has 5 nitrogen and oxygen atoms in total. The Hall–Kier alpha value is -1.56. The molecule has 3 N–H and O–H groups in total. The molecular formula is C13H18N2O3S. The molecule has 1 fully saturated rings. The van der Waals surface area contributed by atoms with Crippen molar-refractivity contribution in [3.8, 4) is 0 Å². The number of hydrogen-bond donors (Lipinski definition) is 3. The standard InChI is InChI=1S/C13H18N2O3S/c16-12(17)8-11(9-3-4-9)15-13(18)14-6-5-10-2-1-7-19-10/h1-2,7,9,11H,3-6,8H2,(H,16,17)(H2,14,15,18). The maximum Gasteiger partial charge on any atom is 0.315 e. The average Bonchev–Trinajstić information content (AvgIpc) is 3.07. The highest BCUT2D eigenvalue weighted by molar-refractivity contribution is 7.09. The fourth-order valence-corrected chi connectivity index (χ4v) is 2.70. The molecule has 1 heterocycles. The first-order valence-corrected chi connectivity index (χ1v) is 7.31. The Morgan fingerprint density at radius 2 is 2.26 bits per heavy atom. The SMILES string of the molecule is O=C(O)CC(NC(=O)NCCc1cccs1)C1CC1. The Labute approximate surface area is 116 Å². The summed E-state index contributed by atoms with van der Waals surface area (Å²) in [6, 6.07) is 3.51. The van der Waals surface area contributed by atoms with Crippen LogP contribution in [-0.4, -0.2) is 29.7 Å². The van der Waals surface area contributed by atoms with Gasteiger partial charge in [-0.1, -0.05) is 6.07 Å². The van der Waals surface area contributed by atoms with Crippen LogP contribution in [0.1, 0.15) is 24.1 Å². The number of rotatable bonds is 7. The van der Waals surface area contributed by atoms with Gasteiger partial charge in [-0.25, -0.2) is 4.79 Å². The predicted octanol–water partition coefficient (Wildman–Crippen LogP) is 1.84. The number of thiophene rings is 1. The van der Waals surface area contributed by atoms with Crippen molar-refractivity contribution < 1.29 is 14.7 Å². The van der Waals surface area contributed by atoms with Crippen molar-refractivity contribution >= 4 is 23.3 Å². The monoisotopic (exact) mass is 282 g/mol. The van der Waals surface area contributed by atoms with E-state index in [4.69, 9.17) is 5.11 Å². The lowest BCUT2D eigenvalue weighted by Gasteiger charge is -2.16. The molecule has 1 aliphatic rings. The lowest BCUT2D eigenvalue weighted by atomic mass is 10.1. The number of amides is 2. The topological polar surface area (TPSA) is 78.4 Å². The molecule has 1 aromatic rings. The minimum absolute atomic E-state index is 0.00299. The molecule has 2 rings (SSSR count). The van der Waals surface area contributed by atoms with Crippen molar-refractivity contribution in [3.05, 3.63) is 22.4 Å². The quantitative estimate of drug-likeness (QED) is 0.714. The van der Waals surface area contributed by atoms with E-state index in [1.165, 1.54) is 4.88 Å². The third-order valence-electron chi connectivity index (χ3n) is 3.14. The smallest absolute Gasteiger partial charge is 0.315 e. The first-order valence-electron chi connectivity index (χ1n) is 6.43. The minimum Gasteiger partial charge on any atom is -0.481 e. The maximum absolute atomic E-state index is 11.7. The van der Waals surface area contributed by atoms with Crippen LogP contribution < -0.4 is 10.6 Å². The minimum atomic E-state index is -0.865. The van der Waals surface area contributed by atoms with Crippen molar-refractivity contribution in [1.82, 2.24) is 10.6 Å². The number of carboxylic acids is 1. The average molecular weight is 282 g/mol. The highest BCUT2D eigenvalue weighted by Gasteiger charge is 2.33. The van der Waals surface area contributed by atoms with Gasteiger partial charge in [0.15, 0.2) is 0 Å². The van der Waals surface area contributed by atoms with Crippen LogP contribution in [0.25, 0.3) is 0 Å². The van der Waals surface area contributed by atoms with Crippen molar-refractivity contribution in [3.63, 3.8) is 0 Å². The fourth-order valence-electron chi connectivity index (χ4n) is 2.00. The molecule has 1 atom stereocenters. The zero-order valence-corrected chi connectivity index (χ0v) is 11.4. The van der Waals surface area contributed by atoms with Crippen LogP contribution in [0.4, 0.5) is 4.79 Å². The summed E-state index contributed by atoms with van der Waals surface area (Å²) >= 11 is 1.66. The summed E-state index contributed by atoms with van der Waals surface area (Å²) < 4.78 is 0. The summed E-state index contributed by atoms with van der Waals surface area (Å²) in [7, 11) is 0. The Balaban J connectivity index is 1.68. The normalized spacial score (nSPS) is 15.8. The largest absolute Gasteiger partial charge is 0.481 e. The zero-order valence-electron chi connectivity index (χ0n) is 10.6. The lowest BCUT2D eigenvalue weighted by Crippen LogP contribution is -2.44. The highest BCUT2D eigenvalue weighted by atomic mass is 32.1. The molecule has 0 bridgehead atoms. The summed E-state index contributed by atoms with van der Waals surface area (Å²) in [5.41, 5.74) is 0. The lowest BCUT2D eigenvalue weighted by molar-refractivity contribution is -0.137. The van der Waals surface area contributed by atoms with Crippen LogP contribution in [-0.2, 0) is 11.2 Å². The van der Waals surface area contributed by atoms with E-state index in [0.29, 0.717) is 12.5 Å². The van der Waals surface area contributed by atoms with Crippen LogP contribution >= 0.6 is 11.3 Å².